The lowest BCUT2D eigenvalue weighted by atomic mass is 10.0. The predicted octanol–water partition coefficient (Wildman–Crippen LogP) is 4.82. The Hall–Kier alpha value is -3.19. The molecular formula is C24H29N5O2. The zero-order valence-electron chi connectivity index (χ0n) is 18.1. The summed E-state index contributed by atoms with van der Waals surface area (Å²) in [5.74, 6) is 0.0129. The van der Waals surface area contributed by atoms with E-state index in [2.05, 4.69) is 63.1 Å². The van der Waals surface area contributed by atoms with Crippen molar-refractivity contribution >= 4 is 28.2 Å². The third kappa shape index (κ3) is 4.94. The third-order valence-corrected chi connectivity index (χ3v) is 5.84. The van der Waals surface area contributed by atoms with Gasteiger partial charge in [0.1, 0.15) is 0 Å². The van der Waals surface area contributed by atoms with Gasteiger partial charge in [0.05, 0.1) is 5.52 Å². The first kappa shape index (κ1) is 21.1. The molecule has 0 saturated carbocycles. The molecule has 0 atom stereocenters. The molecule has 162 valence electrons. The van der Waals surface area contributed by atoms with Crippen LogP contribution in [0.25, 0.3) is 10.9 Å². The number of nitrogens with zero attached hydrogens (tertiary/aromatic N) is 4. The van der Waals surface area contributed by atoms with Gasteiger partial charge in [-0.1, -0.05) is 38.1 Å². The van der Waals surface area contributed by atoms with E-state index in [1.54, 1.807) is 0 Å². The highest BCUT2D eigenvalue weighted by Gasteiger charge is 2.18. The van der Waals surface area contributed by atoms with E-state index in [0.717, 1.165) is 42.6 Å². The van der Waals surface area contributed by atoms with E-state index < -0.39 is 0 Å². The number of carbonyl (C=O) groups excluding carboxylic acids is 1. The van der Waals surface area contributed by atoms with Crippen molar-refractivity contribution < 1.29 is 9.90 Å². The van der Waals surface area contributed by atoms with Gasteiger partial charge in [-0.15, -0.1) is 10.2 Å². The molecule has 3 aromatic rings. The van der Waals surface area contributed by atoms with Crippen molar-refractivity contribution in [3.8, 4) is 5.88 Å². The minimum atomic E-state index is -0.278. The Morgan fingerprint density at radius 1 is 1.10 bits per heavy atom. The fourth-order valence-corrected chi connectivity index (χ4v) is 3.92. The number of azo groups is 1. The van der Waals surface area contributed by atoms with Gasteiger partial charge in [0, 0.05) is 50.2 Å². The average Bonchev–Trinajstić information content (AvgIpc) is 3.11. The van der Waals surface area contributed by atoms with Crippen LogP contribution in [-0.4, -0.2) is 53.6 Å². The van der Waals surface area contributed by atoms with Gasteiger partial charge in [0.25, 0.3) is 5.91 Å². The first-order valence-corrected chi connectivity index (χ1v) is 10.8. The maximum absolute atomic E-state index is 12.3. The van der Waals surface area contributed by atoms with Gasteiger partial charge in [-0.25, -0.2) is 0 Å². The Morgan fingerprint density at radius 2 is 1.84 bits per heavy atom. The summed E-state index contributed by atoms with van der Waals surface area (Å²) in [6.07, 6.45) is 0.315. The number of hydrogen-bond acceptors (Lipinski definition) is 5. The molecule has 0 aliphatic carbocycles. The van der Waals surface area contributed by atoms with Gasteiger partial charge >= 0.3 is 0 Å². The molecule has 2 N–H and O–H groups in total. The Labute approximate surface area is 182 Å². The van der Waals surface area contributed by atoms with Crippen molar-refractivity contribution in [1.29, 1.82) is 0 Å². The third-order valence-electron chi connectivity index (χ3n) is 5.84. The van der Waals surface area contributed by atoms with Crippen LogP contribution in [0.2, 0.25) is 0 Å². The number of piperazine rings is 1. The van der Waals surface area contributed by atoms with E-state index in [9.17, 15) is 9.90 Å². The quantitative estimate of drug-likeness (QED) is 0.561. The lowest BCUT2D eigenvalue weighted by Crippen LogP contribution is -2.46. The summed E-state index contributed by atoms with van der Waals surface area (Å²) in [5.41, 5.74) is 3.48. The molecule has 1 aromatic heterocycles. The zero-order chi connectivity index (χ0) is 21.8. The number of amides is 1. The summed E-state index contributed by atoms with van der Waals surface area (Å²) >= 11 is 0. The van der Waals surface area contributed by atoms with E-state index in [4.69, 9.17) is 0 Å². The molecule has 1 fully saturated rings. The monoisotopic (exact) mass is 419 g/mol. The van der Waals surface area contributed by atoms with Crippen LogP contribution in [0.15, 0.2) is 58.8 Å². The van der Waals surface area contributed by atoms with Crippen molar-refractivity contribution in [2.24, 2.45) is 10.2 Å². The Kier molecular flexibility index (Phi) is 6.32. The van der Waals surface area contributed by atoms with Gasteiger partial charge in [0.2, 0.25) is 5.88 Å². The number of benzene rings is 2. The molecule has 7 nitrogen and oxygen atoms in total. The van der Waals surface area contributed by atoms with E-state index in [-0.39, 0.29) is 11.8 Å². The molecule has 2 heterocycles. The van der Waals surface area contributed by atoms with Gasteiger partial charge in [-0.2, -0.15) is 0 Å². The lowest BCUT2D eigenvalue weighted by molar-refractivity contribution is -0.118. The molecule has 1 saturated heterocycles. The minimum Gasteiger partial charge on any atom is -0.493 e. The molecule has 0 bridgehead atoms. The Balaban J connectivity index is 1.32. The summed E-state index contributed by atoms with van der Waals surface area (Å²) in [5, 5.41) is 18.9. The predicted molar refractivity (Wildman–Crippen MR) is 123 cm³/mol. The maximum atomic E-state index is 12.3. The van der Waals surface area contributed by atoms with Gasteiger partial charge in [-0.05, 0) is 35.7 Å². The topological polar surface area (TPSA) is 84.3 Å². The Bertz CT molecular complexity index is 1070. The highest BCUT2D eigenvalue weighted by atomic mass is 16.3. The van der Waals surface area contributed by atoms with E-state index in [0.29, 0.717) is 24.6 Å². The number of carbonyl (C=O) groups is 1. The number of hydrogen-bond donors (Lipinski definition) is 2. The smallest absolute Gasteiger partial charge is 0.266 e. The molecule has 4 rings (SSSR count). The molecule has 0 radical (unpaired) electrons. The molecule has 1 aliphatic rings. The molecule has 0 unspecified atom stereocenters. The number of para-hydroxylation sites is 1. The molecule has 1 amide bonds. The largest absolute Gasteiger partial charge is 0.493 e. The number of H-pyrrole nitrogens is 1. The number of aromatic amines is 1. The summed E-state index contributed by atoms with van der Waals surface area (Å²) < 4.78 is 0. The van der Waals surface area contributed by atoms with Gasteiger partial charge in [-0.3, -0.25) is 9.69 Å². The van der Waals surface area contributed by atoms with Crippen LogP contribution in [0.5, 0.6) is 5.88 Å². The SMILES string of the molecule is CC(C)c1ccc2[nH]c(O)c(N=NC(=O)CCN3CCN(c4ccccc4)CC3)c2c1. The number of fused-ring (bicyclic) bond motifs is 1. The van der Waals surface area contributed by atoms with Gasteiger partial charge in [0.15, 0.2) is 5.69 Å². The zero-order valence-corrected chi connectivity index (χ0v) is 18.1. The van der Waals surface area contributed by atoms with Crippen molar-refractivity contribution in [1.82, 2.24) is 9.88 Å². The molecule has 2 aromatic carbocycles. The van der Waals surface area contributed by atoms with E-state index in [1.807, 2.05) is 24.3 Å². The normalized spacial score (nSPS) is 15.4. The molecule has 0 spiro atoms. The number of nitrogens with one attached hydrogen (secondary N) is 1. The number of aromatic nitrogens is 1. The number of anilines is 1. The lowest BCUT2D eigenvalue weighted by Gasteiger charge is -2.35. The fourth-order valence-electron chi connectivity index (χ4n) is 3.92. The summed E-state index contributed by atoms with van der Waals surface area (Å²) in [6, 6.07) is 16.3. The highest BCUT2D eigenvalue weighted by Crippen LogP contribution is 2.37. The van der Waals surface area contributed by atoms with Gasteiger partial charge < -0.3 is 15.0 Å². The molecule has 7 heteroatoms. The second kappa shape index (κ2) is 9.31. The van der Waals surface area contributed by atoms with E-state index >= 15 is 0 Å². The summed E-state index contributed by atoms with van der Waals surface area (Å²) in [4.78, 5) is 19.8. The molecule has 31 heavy (non-hydrogen) atoms. The second-order valence-corrected chi connectivity index (χ2v) is 8.29. The number of rotatable bonds is 6. The van der Waals surface area contributed by atoms with Crippen molar-refractivity contribution in [2.75, 3.05) is 37.6 Å². The van der Waals surface area contributed by atoms with Crippen LogP contribution in [0.1, 0.15) is 31.7 Å². The standard InChI is InChI=1S/C24H29N5O2/c1-17(2)18-8-9-21-20(16-18)23(24(31)25-21)27-26-22(30)10-11-28-12-14-29(15-13-28)19-6-4-3-5-7-19/h3-9,16-17,25,31H,10-15H2,1-2H3. The van der Waals surface area contributed by atoms with Crippen LogP contribution < -0.4 is 4.90 Å². The fraction of sp³-hybridized carbons (Fsp3) is 0.375. The second-order valence-electron chi connectivity index (χ2n) is 8.29. The molecule has 1 aliphatic heterocycles. The van der Waals surface area contributed by atoms with Crippen LogP contribution in [-0.2, 0) is 4.79 Å². The first-order valence-electron chi connectivity index (χ1n) is 10.8. The first-order chi connectivity index (χ1) is 15.0. The van der Waals surface area contributed by atoms with Crippen molar-refractivity contribution in [3.05, 3.63) is 54.1 Å². The van der Waals surface area contributed by atoms with Crippen LogP contribution in [0.4, 0.5) is 11.4 Å². The van der Waals surface area contributed by atoms with E-state index in [1.165, 1.54) is 5.69 Å². The van der Waals surface area contributed by atoms with Crippen LogP contribution in [0.3, 0.4) is 0 Å². The highest BCUT2D eigenvalue weighted by molar-refractivity contribution is 5.95. The summed E-state index contributed by atoms with van der Waals surface area (Å²) in [7, 11) is 0. The summed E-state index contributed by atoms with van der Waals surface area (Å²) in [6.45, 7) is 8.61. The van der Waals surface area contributed by atoms with Crippen LogP contribution >= 0.6 is 0 Å². The maximum Gasteiger partial charge on any atom is 0.266 e. The van der Waals surface area contributed by atoms with Crippen molar-refractivity contribution in [3.63, 3.8) is 0 Å². The molecular weight excluding hydrogens is 390 g/mol. The minimum absolute atomic E-state index is 0.0653. The number of aromatic hydroxyl groups is 1. The Morgan fingerprint density at radius 3 is 2.55 bits per heavy atom. The van der Waals surface area contributed by atoms with Crippen molar-refractivity contribution in [2.45, 2.75) is 26.2 Å². The van der Waals surface area contributed by atoms with Crippen LogP contribution in [0, 0.1) is 0 Å². The average molecular weight is 420 g/mol.